The fourth-order valence-electron chi connectivity index (χ4n) is 4.99. The molecule has 2 atom stereocenters. The average Bonchev–Trinajstić information content (AvgIpc) is 3.12. The van der Waals surface area contributed by atoms with Gasteiger partial charge in [0.2, 0.25) is 5.91 Å². The number of para-hydroxylation sites is 3. The minimum atomic E-state index is -0.0255. The van der Waals surface area contributed by atoms with E-state index in [1.54, 1.807) is 0 Å². The van der Waals surface area contributed by atoms with Crippen LogP contribution in [0.4, 0.5) is 5.69 Å². The van der Waals surface area contributed by atoms with Crippen LogP contribution in [0.1, 0.15) is 17.0 Å². The zero-order valence-electron chi connectivity index (χ0n) is 16.1. The Hall–Kier alpha value is -2.98. The summed E-state index contributed by atoms with van der Waals surface area (Å²) in [6.45, 7) is 0. The summed E-state index contributed by atoms with van der Waals surface area (Å²) in [4.78, 5) is 15.1. The molecular weight excluding hydrogens is 376 g/mol. The number of hydrogen-bond donors (Lipinski definition) is 0. The van der Waals surface area contributed by atoms with Crippen LogP contribution < -0.4 is 4.90 Å². The van der Waals surface area contributed by atoms with E-state index in [1.807, 2.05) is 29.8 Å². The van der Waals surface area contributed by atoms with Crippen molar-refractivity contribution in [2.45, 2.75) is 10.9 Å². The number of thioether (sulfide) groups is 1. The van der Waals surface area contributed by atoms with Gasteiger partial charge in [0.1, 0.15) is 0 Å². The third-order valence-electron chi connectivity index (χ3n) is 6.28. The molecule has 3 heterocycles. The second kappa shape index (κ2) is 6.26. The number of carbonyl (C=O) groups excluding carboxylic acids is 1. The van der Waals surface area contributed by atoms with Crippen molar-refractivity contribution in [3.05, 3.63) is 90.0 Å². The van der Waals surface area contributed by atoms with Crippen molar-refractivity contribution in [2.24, 2.45) is 5.92 Å². The molecule has 0 N–H and O–H groups in total. The number of hydrogen-bond acceptors (Lipinski definition) is 2. The summed E-state index contributed by atoms with van der Waals surface area (Å²) in [7, 11) is 1.91. The minimum absolute atomic E-state index is 0.0255. The molecule has 4 heteroatoms. The number of rotatable bonds is 1. The first-order valence-corrected chi connectivity index (χ1v) is 10.9. The molecule has 142 valence electrons. The van der Waals surface area contributed by atoms with Crippen molar-refractivity contribution in [1.82, 2.24) is 4.57 Å². The molecule has 0 bridgehead atoms. The normalized spacial score (nSPS) is 20.3. The van der Waals surface area contributed by atoms with Crippen LogP contribution in [-0.2, 0) is 4.79 Å². The summed E-state index contributed by atoms with van der Waals surface area (Å²) in [5, 5.41) is 2.52. The fourth-order valence-corrected chi connectivity index (χ4v) is 6.39. The van der Waals surface area contributed by atoms with Crippen LogP contribution in [0.2, 0.25) is 0 Å². The van der Waals surface area contributed by atoms with Gasteiger partial charge in [-0.15, -0.1) is 11.8 Å². The number of nitrogens with zero attached hydrogens (tertiary/aromatic N) is 2. The van der Waals surface area contributed by atoms with Crippen molar-refractivity contribution in [1.29, 1.82) is 0 Å². The third kappa shape index (κ3) is 2.29. The van der Waals surface area contributed by atoms with Gasteiger partial charge in [0, 0.05) is 41.0 Å². The summed E-state index contributed by atoms with van der Waals surface area (Å²) >= 11 is 1.82. The summed E-state index contributed by atoms with van der Waals surface area (Å²) in [5.41, 5.74) is 5.98. The molecule has 0 spiro atoms. The third-order valence-corrected chi connectivity index (χ3v) is 7.48. The predicted molar refractivity (Wildman–Crippen MR) is 119 cm³/mol. The van der Waals surface area contributed by atoms with Gasteiger partial charge in [-0.2, -0.15) is 0 Å². The van der Waals surface area contributed by atoms with Crippen LogP contribution >= 0.6 is 11.8 Å². The summed E-state index contributed by atoms with van der Waals surface area (Å²) < 4.78 is 2.37. The molecule has 4 aromatic rings. The molecule has 0 saturated heterocycles. The maximum atomic E-state index is 13.3. The Kier molecular flexibility index (Phi) is 3.65. The van der Waals surface area contributed by atoms with E-state index < -0.39 is 0 Å². The Morgan fingerprint density at radius 1 is 0.897 bits per heavy atom. The minimum Gasteiger partial charge on any atom is -0.315 e. The number of aromatic nitrogens is 1. The standard InChI is InChI=1S/C25H20N2OS/c1-26-20-13-7-5-11-17(20)22-19(24(26)28)15-29-25-23(22)18-12-6-8-14-21(18)27(25)16-9-3-2-4-10-16/h2-14,19,22H,15H2,1H3/t19-,22-/m0/s1. The summed E-state index contributed by atoms with van der Waals surface area (Å²) in [6.07, 6.45) is 0. The van der Waals surface area contributed by atoms with Crippen LogP contribution in [0.3, 0.4) is 0 Å². The summed E-state index contributed by atoms with van der Waals surface area (Å²) in [5.74, 6) is 1.10. The van der Waals surface area contributed by atoms with Crippen LogP contribution in [0.15, 0.2) is 83.9 Å². The molecule has 2 aliphatic heterocycles. The molecule has 0 aliphatic carbocycles. The highest BCUT2D eigenvalue weighted by Crippen LogP contribution is 2.53. The molecule has 1 amide bonds. The Labute approximate surface area is 174 Å². The molecule has 3 aromatic carbocycles. The highest BCUT2D eigenvalue weighted by atomic mass is 32.2. The maximum Gasteiger partial charge on any atom is 0.231 e. The van der Waals surface area contributed by atoms with Gasteiger partial charge in [-0.05, 0) is 29.8 Å². The van der Waals surface area contributed by atoms with Gasteiger partial charge in [-0.25, -0.2) is 0 Å². The second-order valence-corrected chi connectivity index (χ2v) is 8.77. The van der Waals surface area contributed by atoms with E-state index >= 15 is 0 Å². The molecule has 2 aliphatic rings. The van der Waals surface area contributed by atoms with E-state index in [0.29, 0.717) is 0 Å². The van der Waals surface area contributed by atoms with Crippen molar-refractivity contribution in [3.8, 4) is 5.69 Å². The van der Waals surface area contributed by atoms with Crippen LogP contribution in [0.5, 0.6) is 0 Å². The highest BCUT2D eigenvalue weighted by Gasteiger charge is 2.45. The molecular formula is C25H20N2OS. The zero-order valence-corrected chi connectivity index (χ0v) is 16.9. The first-order chi connectivity index (χ1) is 14.3. The Bertz CT molecular complexity index is 1260. The molecule has 0 radical (unpaired) electrons. The second-order valence-electron chi connectivity index (χ2n) is 7.76. The monoisotopic (exact) mass is 396 g/mol. The average molecular weight is 397 g/mol. The SMILES string of the molecule is CN1C(=O)[C@H]2CSc3c(c4ccccc4n3-c3ccccc3)[C@H]2c2ccccc21. The molecule has 0 fully saturated rings. The topological polar surface area (TPSA) is 25.2 Å². The first kappa shape index (κ1) is 16.9. The molecule has 0 unspecified atom stereocenters. The van der Waals surface area contributed by atoms with Gasteiger partial charge in [0.25, 0.3) is 0 Å². The van der Waals surface area contributed by atoms with Gasteiger partial charge in [0.05, 0.1) is 16.5 Å². The molecule has 0 saturated carbocycles. The zero-order chi connectivity index (χ0) is 19.5. The van der Waals surface area contributed by atoms with E-state index in [1.165, 1.54) is 32.7 Å². The van der Waals surface area contributed by atoms with E-state index in [-0.39, 0.29) is 17.7 Å². The van der Waals surface area contributed by atoms with E-state index in [0.717, 1.165) is 11.4 Å². The Morgan fingerprint density at radius 2 is 1.62 bits per heavy atom. The maximum absolute atomic E-state index is 13.3. The molecule has 1 aromatic heterocycles. The lowest BCUT2D eigenvalue weighted by Crippen LogP contribution is -2.43. The molecule has 29 heavy (non-hydrogen) atoms. The van der Waals surface area contributed by atoms with Crippen molar-refractivity contribution < 1.29 is 4.79 Å². The molecule has 6 rings (SSSR count). The molecule has 3 nitrogen and oxygen atoms in total. The number of fused-ring (bicyclic) bond motifs is 7. The fraction of sp³-hybridized carbons (Fsp3) is 0.160. The van der Waals surface area contributed by atoms with Crippen molar-refractivity contribution >= 4 is 34.3 Å². The Balaban J connectivity index is 1.70. The lowest BCUT2D eigenvalue weighted by molar-refractivity contribution is -0.122. The lowest BCUT2D eigenvalue weighted by atomic mass is 9.77. The lowest BCUT2D eigenvalue weighted by Gasteiger charge is -2.40. The Morgan fingerprint density at radius 3 is 2.48 bits per heavy atom. The highest BCUT2D eigenvalue weighted by molar-refractivity contribution is 7.99. The van der Waals surface area contributed by atoms with Gasteiger partial charge in [-0.1, -0.05) is 54.6 Å². The van der Waals surface area contributed by atoms with Crippen LogP contribution in [0, 0.1) is 5.92 Å². The number of amides is 1. The van der Waals surface area contributed by atoms with E-state index in [4.69, 9.17) is 0 Å². The largest absolute Gasteiger partial charge is 0.315 e. The van der Waals surface area contributed by atoms with E-state index in [9.17, 15) is 4.79 Å². The van der Waals surface area contributed by atoms with Crippen LogP contribution in [0.25, 0.3) is 16.6 Å². The predicted octanol–water partition coefficient (Wildman–Crippen LogP) is 5.46. The first-order valence-electron chi connectivity index (χ1n) is 9.94. The number of benzene rings is 3. The van der Waals surface area contributed by atoms with Crippen molar-refractivity contribution in [3.63, 3.8) is 0 Å². The van der Waals surface area contributed by atoms with Gasteiger partial charge < -0.3 is 9.47 Å². The quantitative estimate of drug-likeness (QED) is 0.427. The smallest absolute Gasteiger partial charge is 0.231 e. The van der Waals surface area contributed by atoms with Crippen molar-refractivity contribution in [2.75, 3.05) is 17.7 Å². The number of carbonyl (C=O) groups is 1. The van der Waals surface area contributed by atoms with Gasteiger partial charge in [-0.3, -0.25) is 4.79 Å². The van der Waals surface area contributed by atoms with Gasteiger partial charge >= 0.3 is 0 Å². The van der Waals surface area contributed by atoms with Crippen LogP contribution in [-0.4, -0.2) is 23.3 Å². The van der Waals surface area contributed by atoms with E-state index in [2.05, 4.69) is 77.4 Å². The number of anilines is 1. The summed E-state index contributed by atoms with van der Waals surface area (Å²) in [6, 6.07) is 27.5. The van der Waals surface area contributed by atoms with Gasteiger partial charge in [0.15, 0.2) is 0 Å².